The van der Waals surface area contributed by atoms with E-state index in [2.05, 4.69) is 5.32 Å². The minimum Gasteiger partial charge on any atom is -0.385 e. The van der Waals surface area contributed by atoms with Crippen molar-refractivity contribution < 1.29 is 13.9 Å². The molecule has 0 aromatic rings. The summed E-state index contributed by atoms with van der Waals surface area (Å²) in [5.74, 6) is -2.61. The Hall–Kier alpha value is -0.480. The first-order valence-electron chi connectivity index (χ1n) is 4.53. The molecule has 1 fully saturated rings. The standard InChI is InChI=1S/C9H13F2NO/c10-9(11)3-1-8(13,2-4-9)7-5-12-6-7/h1,3,7,12-13H,2,4-6H2. The molecule has 0 saturated carbocycles. The van der Waals surface area contributed by atoms with Gasteiger partial charge < -0.3 is 10.4 Å². The van der Waals surface area contributed by atoms with E-state index < -0.39 is 11.5 Å². The van der Waals surface area contributed by atoms with Crippen LogP contribution in [-0.2, 0) is 0 Å². The van der Waals surface area contributed by atoms with E-state index in [1.54, 1.807) is 0 Å². The zero-order chi connectivity index (χ0) is 9.53. The Kier molecular flexibility index (Phi) is 1.92. The van der Waals surface area contributed by atoms with Gasteiger partial charge in [0.2, 0.25) is 0 Å². The summed E-state index contributed by atoms with van der Waals surface area (Å²) in [5, 5.41) is 13.0. The first-order chi connectivity index (χ1) is 6.02. The van der Waals surface area contributed by atoms with Crippen LogP contribution in [-0.4, -0.2) is 29.7 Å². The summed E-state index contributed by atoms with van der Waals surface area (Å²) in [6.45, 7) is 1.46. The Labute approximate surface area is 75.6 Å². The number of rotatable bonds is 1. The van der Waals surface area contributed by atoms with Gasteiger partial charge in [-0.25, -0.2) is 8.78 Å². The number of nitrogens with one attached hydrogen (secondary N) is 1. The molecule has 13 heavy (non-hydrogen) atoms. The highest BCUT2D eigenvalue weighted by molar-refractivity contribution is 5.15. The van der Waals surface area contributed by atoms with Crippen LogP contribution in [0.3, 0.4) is 0 Å². The highest BCUT2D eigenvalue weighted by Crippen LogP contribution is 2.37. The summed E-state index contributed by atoms with van der Waals surface area (Å²) >= 11 is 0. The molecule has 2 rings (SSSR count). The van der Waals surface area contributed by atoms with Crippen LogP contribution in [0.25, 0.3) is 0 Å². The van der Waals surface area contributed by atoms with Crippen LogP contribution in [0.5, 0.6) is 0 Å². The Balaban J connectivity index is 2.09. The molecule has 1 atom stereocenters. The molecule has 0 bridgehead atoms. The van der Waals surface area contributed by atoms with E-state index in [1.165, 1.54) is 6.08 Å². The van der Waals surface area contributed by atoms with E-state index in [0.29, 0.717) is 0 Å². The van der Waals surface area contributed by atoms with Crippen LogP contribution in [0, 0.1) is 5.92 Å². The maximum Gasteiger partial charge on any atom is 0.266 e. The summed E-state index contributed by atoms with van der Waals surface area (Å²) in [6.07, 6.45) is 2.05. The predicted octanol–water partition coefficient (Wildman–Crippen LogP) is 0.922. The van der Waals surface area contributed by atoms with Gasteiger partial charge in [-0.05, 0) is 12.5 Å². The normalized spacial score (nSPS) is 38.7. The van der Waals surface area contributed by atoms with Gasteiger partial charge in [0.05, 0.1) is 5.60 Å². The molecular weight excluding hydrogens is 176 g/mol. The van der Waals surface area contributed by atoms with E-state index >= 15 is 0 Å². The number of halogens is 2. The van der Waals surface area contributed by atoms with Crippen molar-refractivity contribution in [3.63, 3.8) is 0 Å². The highest BCUT2D eigenvalue weighted by atomic mass is 19.3. The summed E-state index contributed by atoms with van der Waals surface area (Å²) in [5.41, 5.74) is -0.993. The average Bonchev–Trinajstić information content (AvgIpc) is 1.93. The number of allylic oxidation sites excluding steroid dienone is 1. The van der Waals surface area contributed by atoms with E-state index in [9.17, 15) is 13.9 Å². The molecular formula is C9H13F2NO. The van der Waals surface area contributed by atoms with Crippen molar-refractivity contribution in [3.8, 4) is 0 Å². The first-order valence-corrected chi connectivity index (χ1v) is 4.53. The highest BCUT2D eigenvalue weighted by Gasteiger charge is 2.44. The molecule has 1 unspecified atom stereocenters. The fourth-order valence-electron chi connectivity index (χ4n) is 1.78. The van der Waals surface area contributed by atoms with Gasteiger partial charge in [0.25, 0.3) is 5.92 Å². The largest absolute Gasteiger partial charge is 0.385 e. The van der Waals surface area contributed by atoms with Crippen molar-refractivity contribution in [2.45, 2.75) is 24.4 Å². The molecule has 2 aliphatic rings. The maximum atomic E-state index is 12.7. The minimum absolute atomic E-state index is 0.111. The SMILES string of the molecule is OC1(C2CNC2)C=CC(F)(F)CC1. The van der Waals surface area contributed by atoms with Gasteiger partial charge in [-0.15, -0.1) is 0 Å². The molecule has 0 spiro atoms. The summed E-state index contributed by atoms with van der Waals surface area (Å²) < 4.78 is 25.4. The van der Waals surface area contributed by atoms with Crippen LogP contribution in [0.2, 0.25) is 0 Å². The minimum atomic E-state index is -2.72. The molecule has 74 valence electrons. The smallest absolute Gasteiger partial charge is 0.266 e. The van der Waals surface area contributed by atoms with Crippen LogP contribution in [0.1, 0.15) is 12.8 Å². The van der Waals surface area contributed by atoms with Gasteiger partial charge in [-0.1, -0.05) is 6.08 Å². The van der Waals surface area contributed by atoms with Crippen molar-refractivity contribution in [3.05, 3.63) is 12.2 Å². The molecule has 0 radical (unpaired) electrons. The van der Waals surface area contributed by atoms with Crippen molar-refractivity contribution in [1.29, 1.82) is 0 Å². The van der Waals surface area contributed by atoms with Crippen LogP contribution < -0.4 is 5.32 Å². The van der Waals surface area contributed by atoms with Gasteiger partial charge in [0, 0.05) is 25.4 Å². The molecule has 4 heteroatoms. The number of hydrogen-bond donors (Lipinski definition) is 2. The molecule has 0 aromatic heterocycles. The summed E-state index contributed by atoms with van der Waals surface area (Å²) in [4.78, 5) is 0. The molecule has 0 aromatic carbocycles. The Bertz CT molecular complexity index is 238. The third-order valence-corrected chi connectivity index (χ3v) is 2.96. The second-order valence-electron chi connectivity index (χ2n) is 3.94. The third kappa shape index (κ3) is 1.60. The topological polar surface area (TPSA) is 32.3 Å². The lowest BCUT2D eigenvalue weighted by molar-refractivity contribution is -0.0504. The first kappa shape index (κ1) is 9.09. The zero-order valence-electron chi connectivity index (χ0n) is 7.26. The third-order valence-electron chi connectivity index (χ3n) is 2.96. The summed E-state index contributed by atoms with van der Waals surface area (Å²) in [6, 6.07) is 0. The average molecular weight is 189 g/mol. The quantitative estimate of drug-likeness (QED) is 0.601. The van der Waals surface area contributed by atoms with Crippen molar-refractivity contribution in [1.82, 2.24) is 5.32 Å². The number of hydrogen-bond acceptors (Lipinski definition) is 2. The van der Waals surface area contributed by atoms with Crippen molar-refractivity contribution >= 4 is 0 Å². The molecule has 0 amide bonds. The fourth-order valence-corrected chi connectivity index (χ4v) is 1.78. The molecule has 1 aliphatic carbocycles. The molecule has 1 saturated heterocycles. The van der Waals surface area contributed by atoms with Gasteiger partial charge in [-0.3, -0.25) is 0 Å². The van der Waals surface area contributed by atoms with Crippen molar-refractivity contribution in [2.75, 3.05) is 13.1 Å². The second-order valence-corrected chi connectivity index (χ2v) is 3.94. The monoisotopic (exact) mass is 189 g/mol. The molecule has 1 aliphatic heterocycles. The molecule has 2 nitrogen and oxygen atoms in total. The number of alkyl halides is 2. The van der Waals surface area contributed by atoms with Gasteiger partial charge in [-0.2, -0.15) is 0 Å². The van der Waals surface area contributed by atoms with Crippen LogP contribution in [0.15, 0.2) is 12.2 Å². The van der Waals surface area contributed by atoms with Crippen molar-refractivity contribution in [2.24, 2.45) is 5.92 Å². The fraction of sp³-hybridized carbons (Fsp3) is 0.778. The van der Waals surface area contributed by atoms with E-state index in [-0.39, 0.29) is 18.8 Å². The lowest BCUT2D eigenvalue weighted by Gasteiger charge is -2.42. The van der Waals surface area contributed by atoms with Gasteiger partial charge in [0.15, 0.2) is 0 Å². The van der Waals surface area contributed by atoms with Crippen LogP contribution >= 0.6 is 0 Å². The van der Waals surface area contributed by atoms with Crippen LogP contribution in [0.4, 0.5) is 8.78 Å². The Morgan fingerprint density at radius 2 is 1.92 bits per heavy atom. The molecule has 1 heterocycles. The van der Waals surface area contributed by atoms with E-state index in [4.69, 9.17) is 0 Å². The summed E-state index contributed by atoms with van der Waals surface area (Å²) in [7, 11) is 0. The Morgan fingerprint density at radius 3 is 2.31 bits per heavy atom. The zero-order valence-corrected chi connectivity index (χ0v) is 7.26. The van der Waals surface area contributed by atoms with E-state index in [1.807, 2.05) is 0 Å². The van der Waals surface area contributed by atoms with Gasteiger partial charge >= 0.3 is 0 Å². The Morgan fingerprint density at radius 1 is 1.23 bits per heavy atom. The predicted molar refractivity (Wildman–Crippen MR) is 44.6 cm³/mol. The second kappa shape index (κ2) is 2.75. The maximum absolute atomic E-state index is 12.7. The van der Waals surface area contributed by atoms with Gasteiger partial charge in [0.1, 0.15) is 0 Å². The lowest BCUT2D eigenvalue weighted by Crippen LogP contribution is -2.56. The lowest BCUT2D eigenvalue weighted by atomic mass is 9.76. The molecule has 2 N–H and O–H groups in total. The van der Waals surface area contributed by atoms with E-state index in [0.717, 1.165) is 19.2 Å². The number of aliphatic hydroxyl groups is 1.